The molecule has 0 spiro atoms. The van der Waals surface area contributed by atoms with Gasteiger partial charge >= 0.3 is 0 Å². The molecule has 0 amide bonds. The average Bonchev–Trinajstić information content (AvgIpc) is 2.21. The topological polar surface area (TPSA) is 43.1 Å². The van der Waals surface area contributed by atoms with Gasteiger partial charge in [0.1, 0.15) is 5.78 Å². The zero-order valence-electron chi connectivity index (χ0n) is 9.51. The van der Waals surface area contributed by atoms with Crippen molar-refractivity contribution in [2.75, 3.05) is 6.54 Å². The Hall–Kier alpha value is -0.380. The molecule has 92 valence electrons. The number of ketones is 1. The van der Waals surface area contributed by atoms with Gasteiger partial charge in [-0.15, -0.1) is 0 Å². The van der Waals surface area contributed by atoms with Gasteiger partial charge in [0.2, 0.25) is 0 Å². The van der Waals surface area contributed by atoms with Gasteiger partial charge in [-0.25, -0.2) is 0 Å². The van der Waals surface area contributed by atoms with Crippen LogP contribution in [0.5, 0.6) is 0 Å². The van der Waals surface area contributed by atoms with Crippen molar-refractivity contribution in [1.29, 1.82) is 0 Å². The number of benzene rings is 1. The van der Waals surface area contributed by atoms with E-state index in [4.69, 9.17) is 17.3 Å². The highest BCUT2D eigenvalue weighted by Crippen LogP contribution is 2.41. The molecule has 0 unspecified atom stereocenters. The van der Waals surface area contributed by atoms with Crippen molar-refractivity contribution in [3.05, 3.63) is 33.3 Å². The lowest BCUT2D eigenvalue weighted by Crippen LogP contribution is -2.45. The Morgan fingerprint density at radius 2 is 2.18 bits per heavy atom. The van der Waals surface area contributed by atoms with Crippen LogP contribution in [0.3, 0.4) is 0 Å². The van der Waals surface area contributed by atoms with Crippen LogP contribution in [0.25, 0.3) is 0 Å². The van der Waals surface area contributed by atoms with Crippen LogP contribution >= 0.6 is 27.5 Å². The third-order valence-corrected chi connectivity index (χ3v) is 4.50. The first-order valence-electron chi connectivity index (χ1n) is 5.75. The Balaban J connectivity index is 2.13. The summed E-state index contributed by atoms with van der Waals surface area (Å²) in [6.45, 7) is 0.458. The maximum Gasteiger partial charge on any atom is 0.144 e. The molecule has 0 aromatic heterocycles. The van der Waals surface area contributed by atoms with E-state index in [1.165, 1.54) is 0 Å². The van der Waals surface area contributed by atoms with E-state index in [1.54, 1.807) is 0 Å². The highest BCUT2D eigenvalue weighted by Gasteiger charge is 2.42. The number of nitrogens with two attached hydrogens (primary N) is 1. The fraction of sp³-hybridized carbons (Fsp3) is 0.462. The van der Waals surface area contributed by atoms with Gasteiger partial charge in [0.05, 0.1) is 0 Å². The van der Waals surface area contributed by atoms with Crippen LogP contribution in [-0.2, 0) is 11.2 Å². The quantitative estimate of drug-likeness (QED) is 0.925. The zero-order chi connectivity index (χ0) is 12.5. The van der Waals surface area contributed by atoms with Gasteiger partial charge in [0.25, 0.3) is 0 Å². The predicted molar refractivity (Wildman–Crippen MR) is 73.2 cm³/mol. The van der Waals surface area contributed by atoms with Gasteiger partial charge in [-0.3, -0.25) is 4.79 Å². The minimum absolute atomic E-state index is 0.232. The van der Waals surface area contributed by atoms with Gasteiger partial charge in [-0.05, 0) is 30.5 Å². The average molecular weight is 317 g/mol. The lowest BCUT2D eigenvalue weighted by Gasteiger charge is -2.39. The summed E-state index contributed by atoms with van der Waals surface area (Å²) in [5, 5.41) is 0.638. The van der Waals surface area contributed by atoms with Gasteiger partial charge in [0, 0.05) is 27.9 Å². The third-order valence-electron chi connectivity index (χ3n) is 3.66. The number of hydrogen-bond donors (Lipinski definition) is 1. The van der Waals surface area contributed by atoms with Crippen LogP contribution < -0.4 is 5.73 Å². The predicted octanol–water partition coefficient (Wildman–Crippen LogP) is 3.34. The highest BCUT2D eigenvalue weighted by molar-refractivity contribution is 9.10. The summed E-state index contributed by atoms with van der Waals surface area (Å²) in [6, 6.07) is 5.62. The van der Waals surface area contributed by atoms with E-state index in [1.807, 2.05) is 18.2 Å². The number of hydrogen-bond acceptors (Lipinski definition) is 2. The molecule has 0 radical (unpaired) electrons. The Bertz CT molecular complexity index is 438. The maximum absolute atomic E-state index is 12.2. The van der Waals surface area contributed by atoms with Crippen molar-refractivity contribution >= 4 is 33.3 Å². The largest absolute Gasteiger partial charge is 0.329 e. The van der Waals surface area contributed by atoms with Gasteiger partial charge in [0.15, 0.2) is 0 Å². The lowest BCUT2D eigenvalue weighted by atomic mass is 9.65. The monoisotopic (exact) mass is 315 g/mol. The number of halogens is 2. The van der Waals surface area contributed by atoms with Crippen molar-refractivity contribution < 1.29 is 4.79 Å². The van der Waals surface area contributed by atoms with Crippen LogP contribution in [0.1, 0.15) is 24.8 Å². The van der Waals surface area contributed by atoms with E-state index in [2.05, 4.69) is 15.9 Å². The van der Waals surface area contributed by atoms with Gasteiger partial charge in [-0.1, -0.05) is 40.0 Å². The molecule has 17 heavy (non-hydrogen) atoms. The molecule has 2 rings (SSSR count). The van der Waals surface area contributed by atoms with Gasteiger partial charge < -0.3 is 5.73 Å². The molecule has 1 aromatic carbocycles. The Morgan fingerprint density at radius 1 is 1.47 bits per heavy atom. The molecule has 0 bridgehead atoms. The van der Waals surface area contributed by atoms with E-state index in [0.717, 1.165) is 29.3 Å². The Kier molecular flexibility index (Phi) is 3.91. The molecule has 1 saturated carbocycles. The normalized spacial score (nSPS) is 17.6. The smallest absolute Gasteiger partial charge is 0.144 e. The van der Waals surface area contributed by atoms with Crippen molar-refractivity contribution in [3.63, 3.8) is 0 Å². The van der Waals surface area contributed by atoms with E-state index >= 15 is 0 Å². The number of Topliss-reactive ketones (excluding diaryl/α,β-unsaturated/α-hetero) is 1. The minimum Gasteiger partial charge on any atom is -0.329 e. The van der Waals surface area contributed by atoms with E-state index < -0.39 is 0 Å². The van der Waals surface area contributed by atoms with Gasteiger partial charge in [-0.2, -0.15) is 0 Å². The van der Waals surface area contributed by atoms with Crippen molar-refractivity contribution in [2.45, 2.75) is 25.7 Å². The highest BCUT2D eigenvalue weighted by atomic mass is 79.9. The molecule has 1 aromatic rings. The summed E-state index contributed by atoms with van der Waals surface area (Å²) in [6.07, 6.45) is 3.35. The maximum atomic E-state index is 12.2. The van der Waals surface area contributed by atoms with E-state index in [9.17, 15) is 4.79 Å². The molecule has 0 heterocycles. The molecule has 4 heteroatoms. The molecule has 2 nitrogen and oxygen atoms in total. The summed E-state index contributed by atoms with van der Waals surface area (Å²) >= 11 is 9.47. The Labute approximate surface area is 115 Å². The second-order valence-electron chi connectivity index (χ2n) is 4.67. The van der Waals surface area contributed by atoms with E-state index in [-0.39, 0.29) is 11.2 Å². The minimum atomic E-state index is -0.267. The van der Waals surface area contributed by atoms with Crippen LogP contribution in [0.15, 0.2) is 22.7 Å². The summed E-state index contributed by atoms with van der Waals surface area (Å²) < 4.78 is 0.927. The SMILES string of the molecule is NCC1(C(=O)Cc2ccc(Br)cc2Cl)CCC1. The number of carbonyl (C=O) groups is 1. The summed E-state index contributed by atoms with van der Waals surface area (Å²) in [4.78, 5) is 12.2. The molecule has 1 aliphatic carbocycles. The van der Waals surface area contributed by atoms with Crippen molar-refractivity contribution in [1.82, 2.24) is 0 Å². The fourth-order valence-electron chi connectivity index (χ4n) is 2.23. The van der Waals surface area contributed by atoms with E-state index in [0.29, 0.717) is 18.0 Å². The number of carbonyl (C=O) groups excluding carboxylic acids is 1. The summed E-state index contributed by atoms with van der Waals surface area (Å²) in [7, 11) is 0. The first-order valence-corrected chi connectivity index (χ1v) is 6.92. The zero-order valence-corrected chi connectivity index (χ0v) is 11.9. The van der Waals surface area contributed by atoms with Crippen LogP contribution in [0, 0.1) is 5.41 Å². The standard InChI is InChI=1S/C13H15BrClNO/c14-10-3-2-9(11(15)7-10)6-12(17)13(8-16)4-1-5-13/h2-3,7H,1,4-6,8,16H2. The second-order valence-corrected chi connectivity index (χ2v) is 6.00. The summed E-state index contributed by atoms with van der Waals surface area (Å²) in [5.41, 5.74) is 6.35. The number of rotatable bonds is 4. The first-order chi connectivity index (χ1) is 8.07. The Morgan fingerprint density at radius 3 is 2.65 bits per heavy atom. The fourth-order valence-corrected chi connectivity index (χ4v) is 2.97. The summed E-state index contributed by atoms with van der Waals surface area (Å²) in [5.74, 6) is 0.232. The molecule has 0 aliphatic heterocycles. The molecular weight excluding hydrogens is 302 g/mol. The van der Waals surface area contributed by atoms with Crippen molar-refractivity contribution in [3.8, 4) is 0 Å². The third kappa shape index (κ3) is 2.56. The van der Waals surface area contributed by atoms with Crippen LogP contribution in [-0.4, -0.2) is 12.3 Å². The lowest BCUT2D eigenvalue weighted by molar-refractivity contribution is -0.132. The molecule has 2 N–H and O–H groups in total. The molecule has 1 aliphatic rings. The molecule has 0 atom stereocenters. The van der Waals surface area contributed by atoms with Crippen LogP contribution in [0.2, 0.25) is 5.02 Å². The molecule has 1 fully saturated rings. The molecule has 0 saturated heterocycles. The first kappa shape index (κ1) is 13.1. The molecular formula is C13H15BrClNO. The second kappa shape index (κ2) is 5.09. The van der Waals surface area contributed by atoms with Crippen LogP contribution in [0.4, 0.5) is 0 Å². The van der Waals surface area contributed by atoms with Crippen molar-refractivity contribution in [2.24, 2.45) is 11.1 Å².